The number of aromatic nitrogens is 3. The molecule has 9 heteroatoms. The second-order valence-corrected chi connectivity index (χ2v) is 9.38. The molecule has 0 unspecified atom stereocenters. The van der Waals surface area contributed by atoms with E-state index in [1.807, 2.05) is 62.7 Å². The van der Waals surface area contributed by atoms with Gasteiger partial charge in [0.2, 0.25) is 5.91 Å². The van der Waals surface area contributed by atoms with E-state index in [0.29, 0.717) is 15.7 Å². The van der Waals surface area contributed by atoms with E-state index in [2.05, 4.69) is 15.5 Å². The zero-order chi connectivity index (χ0) is 22.5. The maximum atomic E-state index is 12.8. The van der Waals surface area contributed by atoms with Crippen LogP contribution in [0.1, 0.15) is 47.7 Å². The van der Waals surface area contributed by atoms with Crippen LogP contribution in [0, 0.1) is 6.92 Å². The van der Waals surface area contributed by atoms with E-state index in [0.717, 1.165) is 21.8 Å². The molecular weight excluding hydrogens is 432 g/mol. The normalized spacial score (nSPS) is 11.0. The lowest BCUT2D eigenvalue weighted by Crippen LogP contribution is -2.16. The lowest BCUT2D eigenvalue weighted by molar-refractivity contribution is -0.113. The minimum absolute atomic E-state index is 0.157. The summed E-state index contributed by atoms with van der Waals surface area (Å²) in [7, 11) is 1.89. The Balaban J connectivity index is 1.82. The molecule has 0 aliphatic rings. The molecule has 3 rings (SSSR count). The van der Waals surface area contributed by atoms with E-state index in [-0.39, 0.29) is 24.2 Å². The number of nitrogens with zero attached hydrogens (tertiary/aromatic N) is 3. The Morgan fingerprint density at radius 2 is 1.94 bits per heavy atom. The molecule has 0 aliphatic carbocycles. The molecule has 0 spiro atoms. The summed E-state index contributed by atoms with van der Waals surface area (Å²) in [5, 5.41) is 12.4. The molecule has 1 aromatic carbocycles. The molecule has 1 amide bonds. The average Bonchev–Trinajstić information content (AvgIpc) is 3.26. The first-order valence-corrected chi connectivity index (χ1v) is 11.8. The van der Waals surface area contributed by atoms with Crippen molar-refractivity contribution >= 4 is 40.0 Å². The van der Waals surface area contributed by atoms with E-state index < -0.39 is 5.97 Å². The lowest BCUT2D eigenvalue weighted by atomic mass is 10.0. The van der Waals surface area contributed by atoms with Crippen molar-refractivity contribution < 1.29 is 14.3 Å². The number of aryl methyl sites for hydroxylation is 1. The smallest absolute Gasteiger partial charge is 0.341 e. The molecule has 0 atom stereocenters. The van der Waals surface area contributed by atoms with Gasteiger partial charge in [-0.1, -0.05) is 55.9 Å². The van der Waals surface area contributed by atoms with Gasteiger partial charge in [-0.15, -0.1) is 21.5 Å². The molecule has 2 aromatic heterocycles. The van der Waals surface area contributed by atoms with Gasteiger partial charge in [-0.2, -0.15) is 0 Å². The number of carbonyl (C=O) groups excluding carboxylic acids is 2. The predicted molar refractivity (Wildman–Crippen MR) is 125 cm³/mol. The zero-order valence-electron chi connectivity index (χ0n) is 18.3. The Kier molecular flexibility index (Phi) is 7.50. The number of carbonyl (C=O) groups is 2. The number of amides is 1. The number of benzene rings is 1. The van der Waals surface area contributed by atoms with Gasteiger partial charge in [-0.3, -0.25) is 4.79 Å². The monoisotopic (exact) mass is 458 g/mol. The van der Waals surface area contributed by atoms with Crippen molar-refractivity contribution in [2.45, 2.75) is 38.8 Å². The minimum atomic E-state index is -0.441. The standard InChI is InChI=1S/C22H26N4O3S2/c1-6-29-21(28)18-17(15-10-8-7-9-11-15)14(4)31-20(18)23-16(27)12-30-22-25-24-19(13(2)3)26(22)5/h7-11,13H,6,12H2,1-5H3,(H,23,27). The highest BCUT2D eigenvalue weighted by atomic mass is 32.2. The third-order valence-electron chi connectivity index (χ3n) is 4.60. The van der Waals surface area contributed by atoms with Crippen LogP contribution in [0.15, 0.2) is 35.5 Å². The van der Waals surface area contributed by atoms with Gasteiger partial charge in [0.1, 0.15) is 16.4 Å². The number of esters is 1. The second kappa shape index (κ2) is 10.1. The van der Waals surface area contributed by atoms with Crippen LogP contribution < -0.4 is 5.32 Å². The Bertz CT molecular complexity index is 1070. The molecule has 1 N–H and O–H groups in total. The molecule has 0 aliphatic heterocycles. The van der Waals surface area contributed by atoms with Crippen LogP contribution in [-0.4, -0.2) is 39.0 Å². The topological polar surface area (TPSA) is 86.1 Å². The number of nitrogens with one attached hydrogen (secondary N) is 1. The van der Waals surface area contributed by atoms with Gasteiger partial charge in [0, 0.05) is 23.4 Å². The second-order valence-electron chi connectivity index (χ2n) is 7.22. The maximum absolute atomic E-state index is 12.8. The van der Waals surface area contributed by atoms with Crippen molar-refractivity contribution in [3.05, 3.63) is 46.6 Å². The molecule has 0 radical (unpaired) electrons. The highest BCUT2D eigenvalue weighted by molar-refractivity contribution is 7.99. The largest absolute Gasteiger partial charge is 0.462 e. The van der Waals surface area contributed by atoms with Crippen LogP contribution in [0.25, 0.3) is 11.1 Å². The van der Waals surface area contributed by atoms with Gasteiger partial charge in [-0.05, 0) is 19.4 Å². The molecule has 0 bridgehead atoms. The Morgan fingerprint density at radius 3 is 2.55 bits per heavy atom. The molecule has 7 nitrogen and oxygen atoms in total. The van der Waals surface area contributed by atoms with Crippen LogP contribution in [0.2, 0.25) is 0 Å². The SMILES string of the molecule is CCOC(=O)c1c(NC(=O)CSc2nnc(C(C)C)n2C)sc(C)c1-c1ccccc1. The highest BCUT2D eigenvalue weighted by Gasteiger charge is 2.25. The molecule has 0 fully saturated rings. The summed E-state index contributed by atoms with van der Waals surface area (Å²) in [5.74, 6) is 0.616. The molecule has 2 heterocycles. The molecule has 3 aromatic rings. The first kappa shape index (κ1) is 23.0. The Morgan fingerprint density at radius 1 is 1.23 bits per heavy atom. The fourth-order valence-electron chi connectivity index (χ4n) is 3.23. The maximum Gasteiger partial charge on any atom is 0.341 e. The van der Waals surface area contributed by atoms with E-state index >= 15 is 0 Å². The highest BCUT2D eigenvalue weighted by Crippen LogP contribution is 2.40. The number of hydrogen-bond donors (Lipinski definition) is 1. The van der Waals surface area contributed by atoms with E-state index in [4.69, 9.17) is 4.74 Å². The van der Waals surface area contributed by atoms with Crippen molar-refractivity contribution in [3.63, 3.8) is 0 Å². The molecule has 164 valence electrons. The molecule has 31 heavy (non-hydrogen) atoms. The number of thiophene rings is 1. The van der Waals surface area contributed by atoms with Crippen LogP contribution in [0.4, 0.5) is 5.00 Å². The van der Waals surface area contributed by atoms with Crippen molar-refractivity contribution in [2.24, 2.45) is 7.05 Å². The summed E-state index contributed by atoms with van der Waals surface area (Å²) in [4.78, 5) is 26.4. The average molecular weight is 459 g/mol. The number of thioether (sulfide) groups is 1. The summed E-state index contributed by atoms with van der Waals surface area (Å²) < 4.78 is 7.18. The van der Waals surface area contributed by atoms with Gasteiger partial charge in [0.05, 0.1) is 12.4 Å². The van der Waals surface area contributed by atoms with Gasteiger partial charge >= 0.3 is 5.97 Å². The van der Waals surface area contributed by atoms with Crippen LogP contribution in [-0.2, 0) is 16.6 Å². The molecule has 0 saturated carbocycles. The summed E-state index contributed by atoms with van der Waals surface area (Å²) in [6.07, 6.45) is 0. The number of anilines is 1. The van der Waals surface area contributed by atoms with Crippen molar-refractivity contribution in [3.8, 4) is 11.1 Å². The summed E-state index contributed by atoms with van der Waals surface area (Å²) in [6, 6.07) is 9.65. The Labute approximate surface area is 190 Å². The van der Waals surface area contributed by atoms with Gasteiger partial charge < -0.3 is 14.6 Å². The summed E-state index contributed by atoms with van der Waals surface area (Å²) >= 11 is 2.69. The van der Waals surface area contributed by atoms with Gasteiger partial charge in [0.25, 0.3) is 0 Å². The van der Waals surface area contributed by atoms with Crippen molar-refractivity contribution in [1.29, 1.82) is 0 Å². The number of rotatable bonds is 8. The fourth-order valence-corrected chi connectivity index (χ4v) is 5.03. The van der Waals surface area contributed by atoms with E-state index in [9.17, 15) is 9.59 Å². The van der Waals surface area contributed by atoms with Crippen molar-refractivity contribution in [1.82, 2.24) is 14.8 Å². The van der Waals surface area contributed by atoms with Crippen LogP contribution in [0.5, 0.6) is 0 Å². The summed E-state index contributed by atoms with van der Waals surface area (Å²) in [6.45, 7) is 8.06. The summed E-state index contributed by atoms with van der Waals surface area (Å²) in [5.41, 5.74) is 2.10. The third kappa shape index (κ3) is 5.16. The first-order chi connectivity index (χ1) is 14.8. The van der Waals surface area contributed by atoms with E-state index in [1.165, 1.54) is 23.1 Å². The number of ether oxygens (including phenoxy) is 1. The van der Waals surface area contributed by atoms with Crippen LogP contribution in [0.3, 0.4) is 0 Å². The minimum Gasteiger partial charge on any atom is -0.462 e. The molecule has 0 saturated heterocycles. The van der Waals surface area contributed by atoms with Crippen LogP contribution >= 0.6 is 23.1 Å². The zero-order valence-corrected chi connectivity index (χ0v) is 19.9. The lowest BCUT2D eigenvalue weighted by Gasteiger charge is -2.09. The predicted octanol–water partition coefficient (Wildman–Crippen LogP) is 4.88. The number of hydrogen-bond acceptors (Lipinski definition) is 7. The quantitative estimate of drug-likeness (QED) is 0.382. The molecular formula is C22H26N4O3S2. The Hall–Kier alpha value is -2.65. The van der Waals surface area contributed by atoms with E-state index in [1.54, 1.807) is 6.92 Å². The first-order valence-electron chi connectivity index (χ1n) is 10.0. The fraction of sp³-hybridized carbons (Fsp3) is 0.364. The van der Waals surface area contributed by atoms with Gasteiger partial charge in [-0.25, -0.2) is 4.79 Å². The third-order valence-corrected chi connectivity index (χ3v) is 6.64. The van der Waals surface area contributed by atoms with Crippen molar-refractivity contribution in [2.75, 3.05) is 17.7 Å². The van der Waals surface area contributed by atoms with Gasteiger partial charge in [0.15, 0.2) is 5.16 Å².